The maximum Gasteiger partial charge on any atom is 0.244 e. The molecule has 0 fully saturated rings. The van der Waals surface area contributed by atoms with E-state index in [0.717, 1.165) is 4.31 Å². The SMILES string of the molecule is CN1C(C(=O)c2ccc(C#N)cc2)C(=O)c2ccccc2S1(=O)=O. The first-order valence-corrected chi connectivity index (χ1v) is 8.47. The highest BCUT2D eigenvalue weighted by Crippen LogP contribution is 2.30. The summed E-state index contributed by atoms with van der Waals surface area (Å²) in [4.78, 5) is 25.3. The predicted octanol–water partition coefficient (Wildman–Crippen LogP) is 1.63. The summed E-state index contributed by atoms with van der Waals surface area (Å²) in [5.41, 5.74) is 0.559. The summed E-state index contributed by atoms with van der Waals surface area (Å²) in [6, 6.07) is 12.0. The van der Waals surface area contributed by atoms with Crippen LogP contribution in [-0.4, -0.2) is 37.4 Å². The molecule has 0 aliphatic carbocycles. The molecule has 24 heavy (non-hydrogen) atoms. The maximum atomic E-state index is 12.7. The molecule has 0 aromatic heterocycles. The highest BCUT2D eigenvalue weighted by atomic mass is 32.2. The van der Waals surface area contributed by atoms with E-state index in [4.69, 9.17) is 5.26 Å². The van der Waals surface area contributed by atoms with E-state index in [0.29, 0.717) is 5.56 Å². The molecule has 0 N–H and O–H groups in total. The van der Waals surface area contributed by atoms with Gasteiger partial charge in [-0.25, -0.2) is 8.42 Å². The third-order valence-electron chi connectivity index (χ3n) is 3.97. The van der Waals surface area contributed by atoms with E-state index in [2.05, 4.69) is 0 Å². The van der Waals surface area contributed by atoms with Crippen molar-refractivity contribution >= 4 is 21.6 Å². The quantitative estimate of drug-likeness (QED) is 0.611. The van der Waals surface area contributed by atoms with Crippen LogP contribution in [0.25, 0.3) is 0 Å². The second-order valence-corrected chi connectivity index (χ2v) is 7.30. The first kappa shape index (κ1) is 16.1. The number of benzene rings is 2. The fraction of sp³-hybridized carbons (Fsp3) is 0.118. The first-order chi connectivity index (χ1) is 11.4. The summed E-state index contributed by atoms with van der Waals surface area (Å²) in [7, 11) is -2.71. The number of hydrogen-bond acceptors (Lipinski definition) is 5. The smallest absolute Gasteiger partial charge is 0.244 e. The van der Waals surface area contributed by atoms with Crippen molar-refractivity contribution in [3.05, 3.63) is 65.2 Å². The molecule has 2 aromatic carbocycles. The highest BCUT2D eigenvalue weighted by Gasteiger charge is 2.45. The topological polar surface area (TPSA) is 95.3 Å². The Labute approximate surface area is 139 Å². The van der Waals surface area contributed by atoms with Crippen LogP contribution in [0.3, 0.4) is 0 Å². The zero-order valence-electron chi connectivity index (χ0n) is 12.6. The summed E-state index contributed by atoms with van der Waals surface area (Å²) < 4.78 is 26.0. The number of fused-ring (bicyclic) bond motifs is 1. The second kappa shape index (κ2) is 5.67. The van der Waals surface area contributed by atoms with Crippen molar-refractivity contribution in [3.8, 4) is 6.07 Å². The van der Waals surface area contributed by atoms with Gasteiger partial charge in [0.1, 0.15) is 0 Å². The predicted molar refractivity (Wildman–Crippen MR) is 85.0 cm³/mol. The van der Waals surface area contributed by atoms with E-state index in [9.17, 15) is 18.0 Å². The Morgan fingerprint density at radius 3 is 2.38 bits per heavy atom. The molecule has 7 heteroatoms. The van der Waals surface area contributed by atoms with Crippen molar-refractivity contribution in [3.63, 3.8) is 0 Å². The number of likely N-dealkylation sites (N-methyl/N-ethyl adjacent to an activating group) is 1. The molecular weight excluding hydrogens is 328 g/mol. The van der Waals surface area contributed by atoms with Crippen LogP contribution in [0.1, 0.15) is 26.3 Å². The van der Waals surface area contributed by atoms with Gasteiger partial charge in [-0.05, 0) is 24.3 Å². The van der Waals surface area contributed by atoms with E-state index < -0.39 is 27.6 Å². The number of sulfonamides is 1. The van der Waals surface area contributed by atoms with Crippen LogP contribution < -0.4 is 0 Å². The minimum Gasteiger partial charge on any atom is -0.292 e. The van der Waals surface area contributed by atoms with Crippen LogP contribution in [-0.2, 0) is 10.0 Å². The monoisotopic (exact) mass is 340 g/mol. The lowest BCUT2D eigenvalue weighted by atomic mass is 9.95. The van der Waals surface area contributed by atoms with Crippen LogP contribution in [0.15, 0.2) is 53.4 Å². The van der Waals surface area contributed by atoms with Gasteiger partial charge < -0.3 is 0 Å². The fourth-order valence-corrected chi connectivity index (χ4v) is 4.13. The van der Waals surface area contributed by atoms with E-state index in [1.807, 2.05) is 6.07 Å². The van der Waals surface area contributed by atoms with Gasteiger partial charge in [0.05, 0.1) is 16.5 Å². The zero-order chi connectivity index (χ0) is 17.5. The molecule has 1 atom stereocenters. The van der Waals surface area contributed by atoms with Crippen LogP contribution in [0, 0.1) is 11.3 Å². The van der Waals surface area contributed by atoms with Gasteiger partial charge in [-0.1, -0.05) is 24.3 Å². The molecule has 120 valence electrons. The fourth-order valence-electron chi connectivity index (χ4n) is 2.65. The molecule has 0 radical (unpaired) electrons. The summed E-state index contributed by atoms with van der Waals surface area (Å²) in [6.45, 7) is 0. The van der Waals surface area contributed by atoms with Crippen molar-refractivity contribution in [2.75, 3.05) is 7.05 Å². The molecule has 6 nitrogen and oxygen atoms in total. The summed E-state index contributed by atoms with van der Waals surface area (Å²) in [6.07, 6.45) is 0. The lowest BCUT2D eigenvalue weighted by molar-refractivity contribution is 0.0784. The third kappa shape index (κ3) is 2.33. The van der Waals surface area contributed by atoms with Crippen molar-refractivity contribution in [2.45, 2.75) is 10.9 Å². The summed E-state index contributed by atoms with van der Waals surface area (Å²) in [5.74, 6) is -1.18. The minimum absolute atomic E-state index is 0.0163. The van der Waals surface area contributed by atoms with Crippen LogP contribution >= 0.6 is 0 Å². The molecule has 1 aliphatic rings. The maximum absolute atomic E-state index is 12.7. The molecule has 1 aliphatic heterocycles. The Bertz CT molecular complexity index is 988. The number of carbonyl (C=O) groups is 2. The van der Waals surface area contributed by atoms with Crippen molar-refractivity contribution in [2.24, 2.45) is 0 Å². The number of Topliss-reactive ketones (excluding diaryl/α,β-unsaturated/α-hetero) is 2. The van der Waals surface area contributed by atoms with Gasteiger partial charge in [-0.15, -0.1) is 0 Å². The van der Waals surface area contributed by atoms with E-state index in [-0.39, 0.29) is 16.0 Å². The Hall–Kier alpha value is -2.82. The molecule has 0 bridgehead atoms. The molecule has 2 aromatic rings. The van der Waals surface area contributed by atoms with Crippen molar-refractivity contribution in [1.82, 2.24) is 4.31 Å². The van der Waals surface area contributed by atoms with Gasteiger partial charge in [0.25, 0.3) is 0 Å². The van der Waals surface area contributed by atoms with Crippen molar-refractivity contribution < 1.29 is 18.0 Å². The van der Waals surface area contributed by atoms with Gasteiger partial charge in [-0.3, -0.25) is 9.59 Å². The zero-order valence-corrected chi connectivity index (χ0v) is 13.4. The number of hydrogen-bond donors (Lipinski definition) is 0. The minimum atomic E-state index is -3.93. The van der Waals surface area contributed by atoms with Crippen LogP contribution in [0.4, 0.5) is 0 Å². The summed E-state index contributed by atoms with van der Waals surface area (Å²) in [5, 5.41) is 8.80. The number of nitriles is 1. The Morgan fingerprint density at radius 1 is 1.12 bits per heavy atom. The normalized spacial score (nSPS) is 19.3. The lowest BCUT2D eigenvalue weighted by Crippen LogP contribution is -2.51. The first-order valence-electron chi connectivity index (χ1n) is 7.03. The molecule has 0 saturated carbocycles. The molecular formula is C17H12N2O4S. The number of carbonyl (C=O) groups excluding carboxylic acids is 2. The Kier molecular flexibility index (Phi) is 3.79. The average Bonchev–Trinajstić information content (AvgIpc) is 2.60. The Balaban J connectivity index is 2.10. The van der Waals surface area contributed by atoms with Gasteiger partial charge in [0, 0.05) is 18.2 Å². The lowest BCUT2D eigenvalue weighted by Gasteiger charge is -2.31. The van der Waals surface area contributed by atoms with Crippen LogP contribution in [0.2, 0.25) is 0 Å². The standard InChI is InChI=1S/C17H12N2O4S/c1-19-15(16(20)12-8-6-11(10-18)7-9-12)17(21)13-4-2-3-5-14(13)24(19,22)23/h2-9,15H,1H3. The van der Waals surface area contributed by atoms with Gasteiger partial charge in [0.15, 0.2) is 17.6 Å². The van der Waals surface area contributed by atoms with Gasteiger partial charge in [0.2, 0.25) is 10.0 Å². The largest absolute Gasteiger partial charge is 0.292 e. The number of rotatable bonds is 2. The third-order valence-corrected chi connectivity index (χ3v) is 5.85. The molecule has 1 heterocycles. The Morgan fingerprint density at radius 2 is 1.75 bits per heavy atom. The number of ketones is 2. The van der Waals surface area contributed by atoms with Crippen molar-refractivity contribution in [1.29, 1.82) is 5.26 Å². The van der Waals surface area contributed by atoms with Gasteiger partial charge in [-0.2, -0.15) is 9.57 Å². The van der Waals surface area contributed by atoms with Gasteiger partial charge >= 0.3 is 0 Å². The molecule has 0 saturated heterocycles. The van der Waals surface area contributed by atoms with E-state index in [1.54, 1.807) is 6.07 Å². The van der Waals surface area contributed by atoms with Crippen LogP contribution in [0.5, 0.6) is 0 Å². The number of nitrogens with zero attached hydrogens (tertiary/aromatic N) is 2. The molecule has 3 rings (SSSR count). The molecule has 0 spiro atoms. The van der Waals surface area contributed by atoms with E-state index in [1.165, 1.54) is 49.5 Å². The molecule has 1 unspecified atom stereocenters. The average molecular weight is 340 g/mol. The second-order valence-electron chi connectivity index (χ2n) is 5.34. The summed E-state index contributed by atoms with van der Waals surface area (Å²) >= 11 is 0. The highest BCUT2D eigenvalue weighted by molar-refractivity contribution is 7.89. The van der Waals surface area contributed by atoms with E-state index >= 15 is 0 Å². The molecule has 0 amide bonds.